The summed E-state index contributed by atoms with van der Waals surface area (Å²) in [6.07, 6.45) is 0. The maximum Gasteiger partial charge on any atom is 0.137 e. The SMILES string of the molecule is CC1(C)c2ccccc2-c2ccc(N(c3ccc(-c4ccccc4)cc3)c3cccc4c3-c3ccccc3-c3c(cccc3-c3ccc5ccccc5c3)O4)cc21. The minimum atomic E-state index is -0.144. The van der Waals surface area contributed by atoms with Gasteiger partial charge < -0.3 is 9.64 Å². The summed E-state index contributed by atoms with van der Waals surface area (Å²) < 4.78 is 7.10. The van der Waals surface area contributed by atoms with E-state index in [2.05, 4.69) is 219 Å². The molecule has 2 nitrogen and oxygen atoms in total. The standard InChI is InChI=1S/C55H39NO/c1-55(2)48-22-11-10-18-44(48)45-33-32-42(35-49(45)55)56(41-30-28-38(29-31-41)36-14-4-3-5-15-36)50-23-13-25-52-54(50)47-20-9-8-19-46(47)53-43(21-12-24-51(53)57-52)40-27-26-37-16-6-7-17-39(37)34-40/h3-35H,1-2H3. The average Bonchev–Trinajstić information content (AvgIpc) is 3.38. The number of nitrogens with zero attached hydrogens (tertiary/aromatic N) is 1. The molecule has 11 rings (SSSR count). The molecule has 0 atom stereocenters. The molecule has 1 aliphatic carbocycles. The molecule has 0 spiro atoms. The first kappa shape index (κ1) is 33.2. The van der Waals surface area contributed by atoms with Gasteiger partial charge in [0.25, 0.3) is 0 Å². The summed E-state index contributed by atoms with van der Waals surface area (Å²) in [5.41, 5.74) is 17.5. The molecule has 0 saturated heterocycles. The van der Waals surface area contributed by atoms with Gasteiger partial charge in [-0.1, -0.05) is 166 Å². The molecule has 0 N–H and O–H groups in total. The molecule has 0 radical (unpaired) electrons. The topological polar surface area (TPSA) is 12.5 Å². The second-order valence-corrected chi connectivity index (χ2v) is 15.7. The van der Waals surface area contributed by atoms with Gasteiger partial charge in [-0.2, -0.15) is 0 Å². The van der Waals surface area contributed by atoms with Crippen LogP contribution in [0.1, 0.15) is 25.0 Å². The van der Waals surface area contributed by atoms with Crippen molar-refractivity contribution in [2.45, 2.75) is 19.3 Å². The highest BCUT2D eigenvalue weighted by Crippen LogP contribution is 2.56. The van der Waals surface area contributed by atoms with Gasteiger partial charge >= 0.3 is 0 Å². The Kier molecular flexibility index (Phi) is 7.55. The molecule has 57 heavy (non-hydrogen) atoms. The minimum Gasteiger partial charge on any atom is -0.456 e. The zero-order valence-corrected chi connectivity index (χ0v) is 31.9. The average molecular weight is 730 g/mol. The van der Waals surface area contributed by atoms with E-state index in [4.69, 9.17) is 4.74 Å². The smallest absolute Gasteiger partial charge is 0.137 e. The molecule has 0 fully saturated rings. The van der Waals surface area contributed by atoms with Crippen molar-refractivity contribution in [2.75, 3.05) is 4.90 Å². The predicted octanol–water partition coefficient (Wildman–Crippen LogP) is 15.4. The zero-order valence-electron chi connectivity index (χ0n) is 31.9. The molecule has 0 amide bonds. The normalized spacial score (nSPS) is 13.0. The zero-order chi connectivity index (χ0) is 38.1. The Balaban J connectivity index is 1.13. The Labute approximate surface area is 333 Å². The second kappa shape index (κ2) is 13.0. The molecule has 0 unspecified atom stereocenters. The number of benzene rings is 9. The van der Waals surface area contributed by atoms with E-state index in [1.165, 1.54) is 44.2 Å². The van der Waals surface area contributed by atoms with Gasteiger partial charge in [0.1, 0.15) is 11.5 Å². The number of hydrogen-bond acceptors (Lipinski definition) is 2. The third-order valence-corrected chi connectivity index (χ3v) is 12.1. The molecule has 2 heteroatoms. The lowest BCUT2D eigenvalue weighted by Gasteiger charge is -2.30. The van der Waals surface area contributed by atoms with Crippen molar-refractivity contribution in [3.63, 3.8) is 0 Å². The maximum absolute atomic E-state index is 7.10. The van der Waals surface area contributed by atoms with Gasteiger partial charge in [0.15, 0.2) is 0 Å². The summed E-state index contributed by atoms with van der Waals surface area (Å²) in [7, 11) is 0. The molecule has 0 aromatic heterocycles. The first-order valence-corrected chi connectivity index (χ1v) is 19.8. The van der Waals surface area contributed by atoms with E-state index in [-0.39, 0.29) is 5.41 Å². The number of anilines is 3. The van der Waals surface area contributed by atoms with Crippen LogP contribution in [0.2, 0.25) is 0 Å². The summed E-state index contributed by atoms with van der Waals surface area (Å²) in [5.74, 6) is 1.67. The van der Waals surface area contributed by atoms with Gasteiger partial charge in [0.05, 0.1) is 5.69 Å². The molecule has 270 valence electrons. The summed E-state index contributed by atoms with van der Waals surface area (Å²) in [5, 5.41) is 2.45. The van der Waals surface area contributed by atoms with Gasteiger partial charge in [0, 0.05) is 27.9 Å². The Morgan fingerprint density at radius 2 is 0.947 bits per heavy atom. The molecule has 9 aromatic carbocycles. The molecule has 0 bridgehead atoms. The fraction of sp³-hybridized carbons (Fsp3) is 0.0545. The summed E-state index contributed by atoms with van der Waals surface area (Å²) in [6.45, 7) is 4.70. The van der Waals surface area contributed by atoms with Crippen molar-refractivity contribution in [3.8, 4) is 67.1 Å². The van der Waals surface area contributed by atoms with Gasteiger partial charge in [-0.15, -0.1) is 0 Å². The lowest BCUT2D eigenvalue weighted by atomic mass is 9.82. The van der Waals surface area contributed by atoms with Crippen LogP contribution in [0.25, 0.3) is 66.4 Å². The Morgan fingerprint density at radius 3 is 1.75 bits per heavy atom. The van der Waals surface area contributed by atoms with E-state index in [0.717, 1.165) is 61.9 Å². The molecule has 1 aliphatic heterocycles. The van der Waals surface area contributed by atoms with Crippen molar-refractivity contribution in [2.24, 2.45) is 0 Å². The first-order chi connectivity index (χ1) is 28.0. The maximum atomic E-state index is 7.10. The van der Waals surface area contributed by atoms with Crippen molar-refractivity contribution >= 4 is 27.8 Å². The number of rotatable bonds is 5. The molecular weight excluding hydrogens is 691 g/mol. The van der Waals surface area contributed by atoms with Crippen LogP contribution < -0.4 is 9.64 Å². The largest absolute Gasteiger partial charge is 0.456 e. The van der Waals surface area contributed by atoms with E-state index in [1.807, 2.05) is 0 Å². The number of fused-ring (bicyclic) bond motifs is 9. The van der Waals surface area contributed by atoms with Crippen LogP contribution >= 0.6 is 0 Å². The summed E-state index contributed by atoms with van der Waals surface area (Å²) >= 11 is 0. The van der Waals surface area contributed by atoms with Crippen molar-refractivity contribution in [1.29, 1.82) is 0 Å². The van der Waals surface area contributed by atoms with Crippen LogP contribution in [0.3, 0.4) is 0 Å². The Bertz CT molecular complexity index is 3010. The van der Waals surface area contributed by atoms with E-state index < -0.39 is 0 Å². The molecule has 0 saturated carbocycles. The number of hydrogen-bond donors (Lipinski definition) is 0. The third-order valence-electron chi connectivity index (χ3n) is 12.1. The third kappa shape index (κ3) is 5.33. The number of ether oxygens (including phenoxy) is 1. The van der Waals surface area contributed by atoms with Crippen molar-refractivity contribution in [3.05, 3.63) is 211 Å². The van der Waals surface area contributed by atoms with E-state index >= 15 is 0 Å². The molecule has 9 aromatic rings. The fourth-order valence-corrected chi connectivity index (χ4v) is 9.28. The molecule has 2 aliphatic rings. The molecule has 1 heterocycles. The predicted molar refractivity (Wildman–Crippen MR) is 238 cm³/mol. The van der Waals surface area contributed by atoms with Crippen LogP contribution in [0, 0.1) is 0 Å². The van der Waals surface area contributed by atoms with Gasteiger partial charge in [-0.25, -0.2) is 0 Å². The fourth-order valence-electron chi connectivity index (χ4n) is 9.28. The Hall–Kier alpha value is -7.16. The van der Waals surface area contributed by atoms with Crippen molar-refractivity contribution < 1.29 is 4.74 Å². The molecular formula is C55H39NO. The first-order valence-electron chi connectivity index (χ1n) is 19.8. The lowest BCUT2D eigenvalue weighted by molar-refractivity contribution is 0.488. The van der Waals surface area contributed by atoms with Crippen LogP contribution in [-0.2, 0) is 5.41 Å². The van der Waals surface area contributed by atoms with Crippen LogP contribution in [-0.4, -0.2) is 0 Å². The highest BCUT2D eigenvalue weighted by Gasteiger charge is 2.36. The minimum absolute atomic E-state index is 0.144. The van der Waals surface area contributed by atoms with E-state index in [0.29, 0.717) is 0 Å². The van der Waals surface area contributed by atoms with Gasteiger partial charge in [-0.3, -0.25) is 0 Å². The quantitative estimate of drug-likeness (QED) is 0.175. The van der Waals surface area contributed by atoms with Gasteiger partial charge in [0.2, 0.25) is 0 Å². The van der Waals surface area contributed by atoms with Crippen LogP contribution in [0.15, 0.2) is 200 Å². The summed E-state index contributed by atoms with van der Waals surface area (Å²) in [6, 6.07) is 72.5. The van der Waals surface area contributed by atoms with Crippen LogP contribution in [0.5, 0.6) is 11.5 Å². The highest BCUT2D eigenvalue weighted by atomic mass is 16.5. The van der Waals surface area contributed by atoms with E-state index in [1.54, 1.807) is 0 Å². The highest BCUT2D eigenvalue weighted by molar-refractivity contribution is 6.03. The van der Waals surface area contributed by atoms with Crippen molar-refractivity contribution in [1.82, 2.24) is 0 Å². The monoisotopic (exact) mass is 729 g/mol. The second-order valence-electron chi connectivity index (χ2n) is 15.7. The van der Waals surface area contributed by atoms with Crippen LogP contribution in [0.4, 0.5) is 17.1 Å². The van der Waals surface area contributed by atoms with Gasteiger partial charge in [-0.05, 0) is 115 Å². The van der Waals surface area contributed by atoms with E-state index in [9.17, 15) is 0 Å². The lowest BCUT2D eigenvalue weighted by Crippen LogP contribution is -2.17. The summed E-state index contributed by atoms with van der Waals surface area (Å²) in [4.78, 5) is 2.42. The Morgan fingerprint density at radius 1 is 0.368 bits per heavy atom.